The highest BCUT2D eigenvalue weighted by molar-refractivity contribution is 5.68. The smallest absolute Gasteiger partial charge is 0.278 e. The normalized spacial score (nSPS) is 14.6. The van der Waals surface area contributed by atoms with Crippen LogP contribution in [-0.2, 0) is 0 Å². The summed E-state index contributed by atoms with van der Waals surface area (Å²) in [5.41, 5.74) is 0.617. The Morgan fingerprint density at radius 3 is 2.85 bits per heavy atom. The lowest BCUT2D eigenvalue weighted by Crippen LogP contribution is -2.21. The Labute approximate surface area is 117 Å². The third-order valence-electron chi connectivity index (χ3n) is 3.63. The van der Waals surface area contributed by atoms with E-state index in [2.05, 4.69) is 21.9 Å². The Bertz CT molecular complexity index is 602. The third-order valence-corrected chi connectivity index (χ3v) is 3.63. The molecule has 0 unspecified atom stereocenters. The number of nitrogens with zero attached hydrogens (tertiary/aromatic N) is 3. The van der Waals surface area contributed by atoms with Crippen LogP contribution in [0.5, 0.6) is 0 Å². The van der Waals surface area contributed by atoms with E-state index in [-0.39, 0.29) is 11.6 Å². The molecule has 2 N–H and O–H groups in total. The predicted molar refractivity (Wildman–Crippen MR) is 77.6 cm³/mol. The van der Waals surface area contributed by atoms with Gasteiger partial charge in [0.1, 0.15) is 0 Å². The van der Waals surface area contributed by atoms with Crippen LogP contribution >= 0.6 is 0 Å². The highest BCUT2D eigenvalue weighted by Gasteiger charge is 2.20. The van der Waals surface area contributed by atoms with Crippen molar-refractivity contribution in [3.05, 3.63) is 23.0 Å². The molecule has 0 radical (unpaired) electrons. The average molecular weight is 278 g/mol. The molecule has 0 amide bonds. The van der Waals surface area contributed by atoms with E-state index >= 15 is 0 Å². The van der Waals surface area contributed by atoms with E-state index in [0.29, 0.717) is 11.2 Å². The van der Waals surface area contributed by atoms with Crippen LogP contribution in [0.1, 0.15) is 52.0 Å². The minimum atomic E-state index is -0.505. The van der Waals surface area contributed by atoms with Crippen LogP contribution in [0.2, 0.25) is 0 Å². The predicted octanol–water partition coefficient (Wildman–Crippen LogP) is 2.01. The van der Waals surface area contributed by atoms with E-state index in [0.717, 1.165) is 19.3 Å². The van der Waals surface area contributed by atoms with Gasteiger partial charge in [0.2, 0.25) is 0 Å². The van der Waals surface area contributed by atoms with Crippen molar-refractivity contribution in [2.24, 2.45) is 0 Å². The number of fused-ring (bicyclic) bond motifs is 1. The quantitative estimate of drug-likeness (QED) is 0.759. The molecule has 2 aromatic heterocycles. The van der Waals surface area contributed by atoms with Gasteiger partial charge in [-0.2, -0.15) is 0 Å². The van der Waals surface area contributed by atoms with Crippen molar-refractivity contribution >= 4 is 11.2 Å². The highest BCUT2D eigenvalue weighted by Crippen LogP contribution is 2.23. The molecule has 0 aromatic carbocycles. The Kier molecular flexibility index (Phi) is 4.89. The van der Waals surface area contributed by atoms with Crippen LogP contribution in [0.3, 0.4) is 0 Å². The van der Waals surface area contributed by atoms with Gasteiger partial charge >= 0.3 is 0 Å². The number of aromatic amines is 1. The molecular weight excluding hydrogens is 256 g/mol. The van der Waals surface area contributed by atoms with Crippen molar-refractivity contribution in [2.45, 2.75) is 58.1 Å². The van der Waals surface area contributed by atoms with Crippen molar-refractivity contribution in [1.29, 1.82) is 0 Å². The van der Waals surface area contributed by atoms with Gasteiger partial charge in [-0.15, -0.1) is 0 Å². The molecule has 0 fully saturated rings. The Hall–Kier alpha value is -1.69. The Morgan fingerprint density at radius 2 is 2.15 bits per heavy atom. The molecular formula is C14H22N4O2. The number of aliphatic hydroxyl groups excluding tert-OH is 1. The second kappa shape index (κ2) is 6.65. The molecule has 2 rings (SSSR count). The van der Waals surface area contributed by atoms with Crippen molar-refractivity contribution in [3.63, 3.8) is 0 Å². The molecule has 110 valence electrons. The van der Waals surface area contributed by atoms with Crippen LogP contribution in [0, 0.1) is 0 Å². The van der Waals surface area contributed by atoms with E-state index in [9.17, 15) is 9.90 Å². The van der Waals surface area contributed by atoms with Gasteiger partial charge in [0.25, 0.3) is 5.56 Å². The Morgan fingerprint density at radius 1 is 1.35 bits per heavy atom. The molecule has 0 spiro atoms. The molecule has 0 saturated carbocycles. The minimum Gasteiger partial charge on any atom is -0.391 e. The lowest BCUT2D eigenvalue weighted by atomic mass is 10.0. The summed E-state index contributed by atoms with van der Waals surface area (Å²) < 4.78 is 1.82. The first-order valence-corrected chi connectivity index (χ1v) is 7.23. The summed E-state index contributed by atoms with van der Waals surface area (Å²) in [6.45, 7) is 3.94. The standard InChI is InChI=1S/C14H22N4O2/c1-3-4-5-6-7-11(10(2)19)18-9-17-12-13(18)15-8-16-14(12)20/h8-11,19H,3-7H2,1-2H3,(H,15,16,20)/t10-,11-/m0/s1. The SMILES string of the molecule is CCCCCC[C@@H]([C@H](C)O)n1cnc2c(=O)[nH]cnc21. The monoisotopic (exact) mass is 278 g/mol. The maximum absolute atomic E-state index is 11.6. The van der Waals surface area contributed by atoms with E-state index in [1.807, 2.05) is 4.57 Å². The van der Waals surface area contributed by atoms with Crippen molar-refractivity contribution in [1.82, 2.24) is 19.5 Å². The maximum atomic E-state index is 11.6. The molecule has 0 saturated heterocycles. The number of imidazole rings is 1. The number of aliphatic hydroxyl groups is 1. The summed E-state index contributed by atoms with van der Waals surface area (Å²) >= 11 is 0. The summed E-state index contributed by atoms with van der Waals surface area (Å²) in [7, 11) is 0. The number of H-pyrrole nitrogens is 1. The number of nitrogens with one attached hydrogen (secondary N) is 1. The van der Waals surface area contributed by atoms with Crippen LogP contribution < -0.4 is 5.56 Å². The second-order valence-corrected chi connectivity index (χ2v) is 5.21. The third kappa shape index (κ3) is 3.07. The van der Waals surface area contributed by atoms with Gasteiger partial charge in [-0.1, -0.05) is 32.6 Å². The molecule has 0 aliphatic carbocycles. The molecule has 2 heterocycles. The molecule has 6 nitrogen and oxygen atoms in total. The molecule has 0 bridgehead atoms. The van der Waals surface area contributed by atoms with Crippen LogP contribution in [-0.4, -0.2) is 30.7 Å². The first kappa shape index (κ1) is 14.7. The molecule has 0 aliphatic rings. The van der Waals surface area contributed by atoms with Crippen molar-refractivity contribution < 1.29 is 5.11 Å². The van der Waals surface area contributed by atoms with Gasteiger partial charge in [-0.25, -0.2) is 9.97 Å². The number of hydrogen-bond acceptors (Lipinski definition) is 4. The summed E-state index contributed by atoms with van der Waals surface area (Å²) in [5, 5.41) is 10.0. The van der Waals surface area contributed by atoms with Gasteiger partial charge in [-0.3, -0.25) is 4.79 Å². The van der Waals surface area contributed by atoms with Gasteiger partial charge in [0.05, 0.1) is 24.8 Å². The lowest BCUT2D eigenvalue weighted by Gasteiger charge is -2.21. The van der Waals surface area contributed by atoms with Gasteiger partial charge in [-0.05, 0) is 13.3 Å². The molecule has 2 aromatic rings. The molecule has 6 heteroatoms. The second-order valence-electron chi connectivity index (χ2n) is 5.21. The molecule has 2 atom stereocenters. The number of unbranched alkanes of at least 4 members (excludes halogenated alkanes) is 3. The van der Waals surface area contributed by atoms with E-state index in [1.165, 1.54) is 19.2 Å². The topological polar surface area (TPSA) is 83.8 Å². The number of aromatic nitrogens is 4. The van der Waals surface area contributed by atoms with Crippen LogP contribution in [0.15, 0.2) is 17.4 Å². The fraction of sp³-hybridized carbons (Fsp3) is 0.643. The zero-order valence-electron chi connectivity index (χ0n) is 12.0. The van der Waals surface area contributed by atoms with Crippen LogP contribution in [0.25, 0.3) is 11.2 Å². The first-order valence-electron chi connectivity index (χ1n) is 7.23. The van der Waals surface area contributed by atoms with Gasteiger partial charge < -0.3 is 14.7 Å². The van der Waals surface area contributed by atoms with E-state index in [1.54, 1.807) is 13.3 Å². The maximum Gasteiger partial charge on any atom is 0.278 e. The summed E-state index contributed by atoms with van der Waals surface area (Å²) in [6.07, 6.45) is 7.92. The fourth-order valence-electron chi connectivity index (χ4n) is 2.50. The summed E-state index contributed by atoms with van der Waals surface area (Å²) in [5.74, 6) is 0. The highest BCUT2D eigenvalue weighted by atomic mass is 16.3. The minimum absolute atomic E-state index is 0.0915. The zero-order chi connectivity index (χ0) is 14.5. The summed E-state index contributed by atoms with van der Waals surface area (Å²) in [4.78, 5) is 22.5. The fourth-order valence-corrected chi connectivity index (χ4v) is 2.50. The first-order chi connectivity index (χ1) is 9.65. The largest absolute Gasteiger partial charge is 0.391 e. The molecule has 0 aliphatic heterocycles. The van der Waals surface area contributed by atoms with Crippen LogP contribution in [0.4, 0.5) is 0 Å². The number of rotatable bonds is 7. The molecule has 20 heavy (non-hydrogen) atoms. The zero-order valence-corrected chi connectivity index (χ0v) is 12.0. The summed E-state index contributed by atoms with van der Waals surface area (Å²) in [6, 6.07) is -0.0915. The van der Waals surface area contributed by atoms with Gasteiger partial charge in [0.15, 0.2) is 11.2 Å². The van der Waals surface area contributed by atoms with Gasteiger partial charge in [0, 0.05) is 0 Å². The average Bonchev–Trinajstić information content (AvgIpc) is 2.84. The van der Waals surface area contributed by atoms with E-state index in [4.69, 9.17) is 0 Å². The lowest BCUT2D eigenvalue weighted by molar-refractivity contribution is 0.124. The van der Waals surface area contributed by atoms with Crippen molar-refractivity contribution in [3.8, 4) is 0 Å². The number of hydrogen-bond donors (Lipinski definition) is 2. The van der Waals surface area contributed by atoms with Crippen molar-refractivity contribution in [2.75, 3.05) is 0 Å². The Balaban J connectivity index is 2.23. The van der Waals surface area contributed by atoms with E-state index < -0.39 is 6.10 Å².